The summed E-state index contributed by atoms with van der Waals surface area (Å²) in [6.45, 7) is 8.90. The van der Waals surface area contributed by atoms with Gasteiger partial charge in [0.1, 0.15) is 0 Å². The molecule has 0 saturated carbocycles. The van der Waals surface area contributed by atoms with Crippen molar-refractivity contribution in [1.29, 1.82) is 0 Å². The van der Waals surface area contributed by atoms with Crippen molar-refractivity contribution in [3.63, 3.8) is 0 Å². The van der Waals surface area contributed by atoms with E-state index in [9.17, 15) is 0 Å². The van der Waals surface area contributed by atoms with Crippen molar-refractivity contribution in [2.75, 3.05) is 0 Å². The van der Waals surface area contributed by atoms with Crippen LogP contribution in [0.4, 0.5) is 0 Å². The Balaban J connectivity index is 2.68. The summed E-state index contributed by atoms with van der Waals surface area (Å²) in [7, 11) is 0. The number of allylic oxidation sites excluding steroid dienone is 8. The van der Waals surface area contributed by atoms with Crippen LogP contribution < -0.4 is 0 Å². The van der Waals surface area contributed by atoms with E-state index in [1.54, 1.807) is 6.56 Å². The summed E-state index contributed by atoms with van der Waals surface area (Å²) < 4.78 is 3.37. The topological polar surface area (TPSA) is 0 Å². The zero-order valence-electron chi connectivity index (χ0n) is 9.52. The van der Waals surface area contributed by atoms with Gasteiger partial charge in [-0.3, -0.25) is 0 Å². The van der Waals surface area contributed by atoms with Gasteiger partial charge in [0.2, 0.25) is 0 Å². The van der Waals surface area contributed by atoms with Crippen molar-refractivity contribution >= 4 is 0 Å². The minimum atomic E-state index is -0.437. The molecule has 1 heteroatoms. The molecule has 0 saturated heterocycles. The molecule has 0 atom stereocenters. The van der Waals surface area contributed by atoms with Gasteiger partial charge < -0.3 is 0 Å². The van der Waals surface area contributed by atoms with Gasteiger partial charge in [-0.1, -0.05) is 0 Å². The second-order valence-corrected chi connectivity index (χ2v) is 7.71. The summed E-state index contributed by atoms with van der Waals surface area (Å²) in [5.74, 6) is 0. The Kier molecular flexibility index (Phi) is 4.82. The van der Waals surface area contributed by atoms with Crippen LogP contribution in [0.1, 0.15) is 34.1 Å². The summed E-state index contributed by atoms with van der Waals surface area (Å²) in [6.07, 6.45) is 10.2. The Bertz CT molecular complexity index is 327. The summed E-state index contributed by atoms with van der Waals surface area (Å²) in [6, 6.07) is 0. The second-order valence-electron chi connectivity index (χ2n) is 3.67. The van der Waals surface area contributed by atoms with E-state index in [1.165, 1.54) is 17.6 Å². The molecular weight excluding hydrogens is 247 g/mol. The monoisotopic (exact) mass is 264 g/mol. The molecule has 74 valence electrons. The molecule has 0 aromatic carbocycles. The van der Waals surface area contributed by atoms with E-state index in [2.05, 4.69) is 52.0 Å². The van der Waals surface area contributed by atoms with Gasteiger partial charge in [-0.25, -0.2) is 0 Å². The van der Waals surface area contributed by atoms with Crippen molar-refractivity contribution in [1.82, 2.24) is 0 Å². The third-order valence-corrected chi connectivity index (χ3v) is 6.25. The quantitative estimate of drug-likeness (QED) is 0.672. The Morgan fingerprint density at radius 3 is 2.57 bits per heavy atom. The zero-order chi connectivity index (χ0) is 10.6. The molecule has 0 heterocycles. The Labute approximate surface area is 99.0 Å². The van der Waals surface area contributed by atoms with Crippen LogP contribution in [0.25, 0.3) is 0 Å². The molecule has 0 bridgehead atoms. The van der Waals surface area contributed by atoms with Crippen molar-refractivity contribution in [2.24, 2.45) is 0 Å². The van der Waals surface area contributed by atoms with Gasteiger partial charge >= 0.3 is 99.4 Å². The molecule has 0 radical (unpaired) electrons. The van der Waals surface area contributed by atoms with E-state index in [-0.39, 0.29) is 0 Å². The molecule has 0 fully saturated rings. The SMILES string of the molecule is C/C=C(C)/C(C)=[C](\C)[Zr][C]1=CC=CC1. The average molecular weight is 266 g/mol. The van der Waals surface area contributed by atoms with E-state index < -0.39 is 23.2 Å². The molecule has 1 aliphatic rings. The molecule has 1 rings (SSSR count). The van der Waals surface area contributed by atoms with Gasteiger partial charge in [0, 0.05) is 0 Å². The third-order valence-electron chi connectivity index (χ3n) is 2.71. The molecule has 1 aliphatic carbocycles. The molecule has 0 amide bonds. The molecule has 14 heavy (non-hydrogen) atoms. The molecule has 0 spiro atoms. The number of hydrogen-bond donors (Lipinski definition) is 0. The van der Waals surface area contributed by atoms with Crippen molar-refractivity contribution < 1.29 is 23.2 Å². The van der Waals surface area contributed by atoms with Gasteiger partial charge in [0.15, 0.2) is 0 Å². The number of hydrogen-bond acceptors (Lipinski definition) is 0. The Morgan fingerprint density at radius 1 is 1.36 bits per heavy atom. The van der Waals surface area contributed by atoms with Gasteiger partial charge in [-0.15, -0.1) is 0 Å². The normalized spacial score (nSPS) is 18.0. The first-order valence-electron chi connectivity index (χ1n) is 5.08. The predicted octanol–water partition coefficient (Wildman–Crippen LogP) is 4.17. The van der Waals surface area contributed by atoms with E-state index in [0.717, 1.165) is 0 Å². The van der Waals surface area contributed by atoms with Crippen LogP contribution in [0.3, 0.4) is 0 Å². The molecule has 0 aromatic rings. The first kappa shape index (κ1) is 11.9. The average Bonchev–Trinajstić information content (AvgIpc) is 2.68. The molecule has 0 unspecified atom stereocenters. The van der Waals surface area contributed by atoms with Gasteiger partial charge in [-0.05, 0) is 0 Å². The molecule has 0 nitrogen and oxygen atoms in total. The van der Waals surface area contributed by atoms with Crippen molar-refractivity contribution in [2.45, 2.75) is 34.1 Å². The molecule has 0 aromatic heterocycles. The van der Waals surface area contributed by atoms with Crippen molar-refractivity contribution in [3.05, 3.63) is 42.0 Å². The third kappa shape index (κ3) is 3.21. The van der Waals surface area contributed by atoms with Crippen LogP contribution in [0.15, 0.2) is 42.0 Å². The molecular formula is C13H18Zr. The standard InChI is InChI=1S/C8H13.C5H5.Zr/c1-5-7(3)8(4)6-2;1-2-4-5-3-1;/h5H,1-4H3;1-3H,4H2;/b7-5+,8-6?;;. The van der Waals surface area contributed by atoms with Gasteiger partial charge in [0.25, 0.3) is 0 Å². The van der Waals surface area contributed by atoms with E-state index in [1.807, 2.05) is 0 Å². The fourth-order valence-corrected chi connectivity index (χ4v) is 4.50. The van der Waals surface area contributed by atoms with E-state index >= 15 is 0 Å². The second kappa shape index (κ2) is 5.66. The van der Waals surface area contributed by atoms with Crippen LogP contribution in [-0.2, 0) is 23.2 Å². The Morgan fingerprint density at radius 2 is 2.07 bits per heavy atom. The summed E-state index contributed by atoms with van der Waals surface area (Å²) >= 11 is -0.437. The fourth-order valence-electron chi connectivity index (χ4n) is 1.39. The fraction of sp³-hybridized carbons (Fsp3) is 0.385. The maximum atomic E-state index is 2.31. The van der Waals surface area contributed by atoms with Gasteiger partial charge in [-0.2, -0.15) is 0 Å². The van der Waals surface area contributed by atoms with Crippen LogP contribution in [0.2, 0.25) is 0 Å². The predicted molar refractivity (Wildman–Crippen MR) is 59.6 cm³/mol. The zero-order valence-corrected chi connectivity index (χ0v) is 12.0. The summed E-state index contributed by atoms with van der Waals surface area (Å²) in [5, 5.41) is 0. The first-order valence-corrected chi connectivity index (χ1v) is 7.54. The van der Waals surface area contributed by atoms with Crippen LogP contribution >= 0.6 is 0 Å². The summed E-state index contributed by atoms with van der Waals surface area (Å²) in [4.78, 5) is 0. The molecule has 0 aliphatic heterocycles. The number of rotatable bonds is 3. The molecule has 0 N–H and O–H groups in total. The maximum absolute atomic E-state index is 2.31. The van der Waals surface area contributed by atoms with Crippen LogP contribution in [0, 0.1) is 0 Å². The minimum absolute atomic E-state index is 0.437. The summed E-state index contributed by atoms with van der Waals surface area (Å²) in [5.41, 5.74) is 2.96. The van der Waals surface area contributed by atoms with Crippen LogP contribution in [-0.4, -0.2) is 0 Å². The van der Waals surface area contributed by atoms with Crippen LogP contribution in [0.5, 0.6) is 0 Å². The Hall–Kier alpha value is -0.157. The van der Waals surface area contributed by atoms with Crippen molar-refractivity contribution in [3.8, 4) is 0 Å². The van der Waals surface area contributed by atoms with E-state index in [0.29, 0.717) is 0 Å². The van der Waals surface area contributed by atoms with E-state index in [4.69, 9.17) is 0 Å². The van der Waals surface area contributed by atoms with Gasteiger partial charge in [0.05, 0.1) is 0 Å². The first-order chi connectivity index (χ1) is 6.65.